The van der Waals surface area contributed by atoms with Crippen LogP contribution in [0.25, 0.3) is 0 Å². The molecule has 3 heteroatoms. The minimum absolute atomic E-state index is 0.170. The number of nitrogens with two attached hydrogens (primary N) is 1. The van der Waals surface area contributed by atoms with E-state index in [9.17, 15) is 4.39 Å². The molecule has 0 radical (unpaired) electrons. The van der Waals surface area contributed by atoms with Crippen molar-refractivity contribution in [3.05, 3.63) is 22.1 Å². The molecule has 2 N–H and O–H groups in total. The third-order valence-corrected chi connectivity index (χ3v) is 1.85. The number of halogens is 2. The Morgan fingerprint density at radius 3 is 2.50 bits per heavy atom. The van der Waals surface area contributed by atoms with Crippen LogP contribution in [0.1, 0.15) is 20.3 Å². The van der Waals surface area contributed by atoms with E-state index in [1.54, 1.807) is 13.8 Å². The van der Waals surface area contributed by atoms with Crippen LogP contribution in [0.3, 0.4) is 0 Å². The highest BCUT2D eigenvalue weighted by atomic mass is 79.9. The lowest BCUT2D eigenvalue weighted by Gasteiger charge is -1.93. The van der Waals surface area contributed by atoms with Crippen LogP contribution in [0.5, 0.6) is 0 Å². The molecule has 0 rings (SSSR count). The van der Waals surface area contributed by atoms with E-state index in [4.69, 9.17) is 5.73 Å². The second kappa shape index (κ2) is 4.50. The maximum atomic E-state index is 12.5. The Balaban J connectivity index is 4.27. The predicted molar refractivity (Wildman–Crippen MR) is 45.3 cm³/mol. The molecule has 0 saturated carbocycles. The number of hydrogen-bond donors (Lipinski definition) is 1. The number of hydrogen-bond acceptors (Lipinski definition) is 1. The van der Waals surface area contributed by atoms with Crippen LogP contribution in [0.15, 0.2) is 22.1 Å². The molecule has 0 aliphatic carbocycles. The quantitative estimate of drug-likeness (QED) is 0.693. The van der Waals surface area contributed by atoms with Crippen molar-refractivity contribution >= 4 is 15.9 Å². The Morgan fingerprint density at radius 1 is 1.70 bits per heavy atom. The second-order valence-corrected chi connectivity index (χ2v) is 2.83. The van der Waals surface area contributed by atoms with Crippen molar-refractivity contribution < 1.29 is 4.39 Å². The van der Waals surface area contributed by atoms with Gasteiger partial charge < -0.3 is 5.73 Å². The van der Waals surface area contributed by atoms with Gasteiger partial charge in [0.1, 0.15) is 5.83 Å². The molecule has 0 spiro atoms. The van der Waals surface area contributed by atoms with Crippen LogP contribution in [0.2, 0.25) is 0 Å². The fourth-order valence-electron chi connectivity index (χ4n) is 0.353. The van der Waals surface area contributed by atoms with E-state index in [0.29, 0.717) is 16.6 Å². The van der Waals surface area contributed by atoms with Crippen molar-refractivity contribution in [2.45, 2.75) is 20.3 Å². The molecule has 0 aliphatic heterocycles. The van der Waals surface area contributed by atoms with Crippen LogP contribution in [0.4, 0.5) is 4.39 Å². The Morgan fingerprint density at radius 2 is 2.20 bits per heavy atom. The first-order chi connectivity index (χ1) is 4.57. The van der Waals surface area contributed by atoms with Gasteiger partial charge in [-0.1, -0.05) is 6.92 Å². The highest BCUT2D eigenvalue weighted by Crippen LogP contribution is 2.14. The largest absolute Gasteiger partial charge is 0.401 e. The van der Waals surface area contributed by atoms with Gasteiger partial charge in [-0.25, -0.2) is 4.39 Å². The Kier molecular flexibility index (Phi) is 4.36. The molecular weight excluding hydrogens is 197 g/mol. The van der Waals surface area contributed by atoms with E-state index in [0.717, 1.165) is 0 Å². The summed E-state index contributed by atoms with van der Waals surface area (Å²) in [6.07, 6.45) is 1.79. The van der Waals surface area contributed by atoms with Gasteiger partial charge in [-0.3, -0.25) is 0 Å². The van der Waals surface area contributed by atoms with E-state index in [1.807, 2.05) is 0 Å². The first-order valence-corrected chi connectivity index (χ1v) is 3.85. The molecule has 0 saturated heterocycles. The molecule has 0 fully saturated rings. The van der Waals surface area contributed by atoms with Gasteiger partial charge in [0.2, 0.25) is 0 Å². The maximum Gasteiger partial charge on any atom is 0.101 e. The van der Waals surface area contributed by atoms with E-state index < -0.39 is 0 Å². The van der Waals surface area contributed by atoms with Gasteiger partial charge in [0.05, 0.1) is 0 Å². The van der Waals surface area contributed by atoms with Crippen LogP contribution in [-0.2, 0) is 0 Å². The van der Waals surface area contributed by atoms with E-state index in [-0.39, 0.29) is 5.83 Å². The van der Waals surface area contributed by atoms with Crippen LogP contribution in [0, 0.1) is 0 Å². The Labute approximate surface area is 68.9 Å². The zero-order chi connectivity index (χ0) is 8.15. The fraction of sp³-hybridized carbons (Fsp3) is 0.429. The Hall–Kier alpha value is -0.310. The van der Waals surface area contributed by atoms with Gasteiger partial charge in [0.15, 0.2) is 0 Å². The first kappa shape index (κ1) is 9.69. The maximum absolute atomic E-state index is 12.5. The zero-order valence-electron chi connectivity index (χ0n) is 6.12. The van der Waals surface area contributed by atoms with Gasteiger partial charge in [0, 0.05) is 10.2 Å². The lowest BCUT2D eigenvalue weighted by Crippen LogP contribution is -1.91. The highest BCUT2D eigenvalue weighted by Gasteiger charge is 1.93. The monoisotopic (exact) mass is 207 g/mol. The summed E-state index contributed by atoms with van der Waals surface area (Å²) in [5, 5.41) is 0. The summed E-state index contributed by atoms with van der Waals surface area (Å²) in [6, 6.07) is 0. The van der Waals surface area contributed by atoms with E-state index >= 15 is 0 Å². The molecule has 0 aromatic rings. The molecule has 0 amide bonds. The summed E-state index contributed by atoms with van der Waals surface area (Å²) in [5.74, 6) is -0.170. The SMILES string of the molecule is CC/C(F)=C\C(Br)=C(/C)N. The van der Waals surface area contributed by atoms with Gasteiger partial charge in [-0.2, -0.15) is 0 Å². The number of allylic oxidation sites excluding steroid dienone is 4. The van der Waals surface area contributed by atoms with Crippen molar-refractivity contribution in [1.82, 2.24) is 0 Å². The van der Waals surface area contributed by atoms with Gasteiger partial charge in [0.25, 0.3) is 0 Å². The summed E-state index contributed by atoms with van der Waals surface area (Å²) in [5.41, 5.74) is 5.95. The van der Waals surface area contributed by atoms with Crippen LogP contribution in [-0.4, -0.2) is 0 Å². The smallest absolute Gasteiger partial charge is 0.101 e. The Bertz CT molecular complexity index is 168. The minimum Gasteiger partial charge on any atom is -0.401 e. The van der Waals surface area contributed by atoms with Crippen LogP contribution < -0.4 is 5.73 Å². The lowest BCUT2D eigenvalue weighted by atomic mass is 10.3. The third kappa shape index (κ3) is 3.67. The predicted octanol–water partition coefficient (Wildman–Crippen LogP) is 2.83. The van der Waals surface area contributed by atoms with E-state index in [1.165, 1.54) is 6.08 Å². The molecule has 0 aromatic carbocycles. The second-order valence-electron chi connectivity index (χ2n) is 1.98. The molecule has 0 heterocycles. The van der Waals surface area contributed by atoms with Crippen molar-refractivity contribution in [3.63, 3.8) is 0 Å². The molecule has 0 aliphatic rings. The molecule has 58 valence electrons. The highest BCUT2D eigenvalue weighted by molar-refractivity contribution is 9.11. The normalized spacial score (nSPS) is 15.0. The molecule has 0 bridgehead atoms. The molecule has 10 heavy (non-hydrogen) atoms. The summed E-state index contributed by atoms with van der Waals surface area (Å²) in [7, 11) is 0. The van der Waals surface area contributed by atoms with Crippen molar-refractivity contribution in [3.8, 4) is 0 Å². The average Bonchev–Trinajstić information content (AvgIpc) is 1.87. The van der Waals surface area contributed by atoms with Crippen LogP contribution >= 0.6 is 15.9 Å². The van der Waals surface area contributed by atoms with Gasteiger partial charge in [-0.05, 0) is 35.4 Å². The standard InChI is InChI=1S/C7H11BrFN/c1-3-6(9)4-7(8)5(2)10/h4H,3,10H2,1-2H3/b6-4+,7-5-. The van der Waals surface area contributed by atoms with Crippen molar-refractivity contribution in [2.24, 2.45) is 5.73 Å². The molecule has 0 unspecified atom stereocenters. The minimum atomic E-state index is -0.170. The van der Waals surface area contributed by atoms with Crippen molar-refractivity contribution in [1.29, 1.82) is 0 Å². The summed E-state index contributed by atoms with van der Waals surface area (Å²) >= 11 is 3.12. The molecule has 1 nitrogen and oxygen atoms in total. The summed E-state index contributed by atoms with van der Waals surface area (Å²) in [4.78, 5) is 0. The first-order valence-electron chi connectivity index (χ1n) is 3.05. The van der Waals surface area contributed by atoms with Gasteiger partial charge >= 0.3 is 0 Å². The average molecular weight is 208 g/mol. The van der Waals surface area contributed by atoms with Crippen molar-refractivity contribution in [2.75, 3.05) is 0 Å². The van der Waals surface area contributed by atoms with Gasteiger partial charge in [-0.15, -0.1) is 0 Å². The molecular formula is C7H11BrFN. The van der Waals surface area contributed by atoms with E-state index in [2.05, 4.69) is 15.9 Å². The summed E-state index contributed by atoms with van der Waals surface area (Å²) in [6.45, 7) is 3.46. The fourth-order valence-corrected chi connectivity index (χ4v) is 0.602. The topological polar surface area (TPSA) is 26.0 Å². The number of rotatable bonds is 2. The molecule has 0 atom stereocenters. The molecule has 0 aromatic heterocycles. The summed E-state index contributed by atoms with van der Waals surface area (Å²) < 4.78 is 13.1. The third-order valence-electron chi connectivity index (χ3n) is 0.998. The lowest BCUT2D eigenvalue weighted by molar-refractivity contribution is 0.604. The zero-order valence-corrected chi connectivity index (χ0v) is 7.70.